The zero-order chi connectivity index (χ0) is 14.8. The van der Waals surface area contributed by atoms with E-state index < -0.39 is 0 Å². The van der Waals surface area contributed by atoms with Gasteiger partial charge in [-0.15, -0.1) is 0 Å². The number of hydrogen-bond donors (Lipinski definition) is 2. The Morgan fingerprint density at radius 3 is 2.70 bits per heavy atom. The number of nitrogens with zero attached hydrogens (tertiary/aromatic N) is 3. The summed E-state index contributed by atoms with van der Waals surface area (Å²) in [7, 11) is 2.17. The van der Waals surface area contributed by atoms with Crippen LogP contribution in [0.2, 0.25) is 0 Å². The monoisotopic (exact) mass is 279 g/mol. The zero-order valence-electron chi connectivity index (χ0n) is 13.3. The third-order valence-corrected chi connectivity index (χ3v) is 3.31. The van der Waals surface area contributed by atoms with Crippen LogP contribution >= 0.6 is 0 Å². The summed E-state index contributed by atoms with van der Waals surface area (Å²) in [6, 6.07) is 2.54. The van der Waals surface area contributed by atoms with E-state index in [2.05, 4.69) is 53.3 Å². The van der Waals surface area contributed by atoms with E-state index in [4.69, 9.17) is 0 Å². The lowest BCUT2D eigenvalue weighted by molar-refractivity contribution is 0.269. The molecule has 0 unspecified atom stereocenters. The van der Waals surface area contributed by atoms with E-state index in [1.54, 1.807) is 6.20 Å². The molecule has 0 aliphatic carbocycles. The summed E-state index contributed by atoms with van der Waals surface area (Å²) in [6.45, 7) is 9.59. The molecule has 0 aliphatic rings. The third-order valence-electron chi connectivity index (χ3n) is 3.31. The second kappa shape index (κ2) is 9.53. The topological polar surface area (TPSA) is 53.1 Å². The molecule has 0 saturated heterocycles. The van der Waals surface area contributed by atoms with Gasteiger partial charge in [0.2, 0.25) is 5.95 Å². The summed E-state index contributed by atoms with van der Waals surface area (Å²) in [5.41, 5.74) is 0. The fourth-order valence-electron chi connectivity index (χ4n) is 1.74. The molecule has 0 spiro atoms. The normalized spacial score (nSPS) is 11.1. The number of aromatic nitrogens is 2. The van der Waals surface area contributed by atoms with Crippen LogP contribution in [0.4, 0.5) is 11.8 Å². The van der Waals surface area contributed by atoms with Gasteiger partial charge in [0, 0.05) is 25.3 Å². The summed E-state index contributed by atoms with van der Waals surface area (Å²) in [5.74, 6) is 1.60. The standard InChI is InChI=1S/C15H29N5/c1-5-9-17-15-18-11-8-14(19-15)16-10-6-7-12-20(4)13(2)3/h8,11,13H,5-7,9-10,12H2,1-4H3,(H2,16,17,18,19). The molecule has 5 heteroatoms. The second-order valence-corrected chi connectivity index (χ2v) is 5.40. The van der Waals surface area contributed by atoms with Crippen LogP contribution in [0, 0.1) is 0 Å². The van der Waals surface area contributed by atoms with Gasteiger partial charge in [0.25, 0.3) is 0 Å². The van der Waals surface area contributed by atoms with Crippen molar-refractivity contribution in [1.29, 1.82) is 0 Å². The largest absolute Gasteiger partial charge is 0.370 e. The first kappa shape index (κ1) is 16.7. The molecule has 0 amide bonds. The van der Waals surface area contributed by atoms with E-state index in [0.717, 1.165) is 38.3 Å². The summed E-state index contributed by atoms with van der Waals surface area (Å²) in [4.78, 5) is 11.0. The number of unbranched alkanes of at least 4 members (excludes halogenated alkanes) is 1. The van der Waals surface area contributed by atoms with Gasteiger partial charge in [-0.2, -0.15) is 4.98 Å². The Morgan fingerprint density at radius 1 is 1.20 bits per heavy atom. The van der Waals surface area contributed by atoms with Gasteiger partial charge < -0.3 is 15.5 Å². The number of nitrogens with one attached hydrogen (secondary N) is 2. The molecule has 2 N–H and O–H groups in total. The van der Waals surface area contributed by atoms with Gasteiger partial charge in [-0.1, -0.05) is 6.92 Å². The summed E-state index contributed by atoms with van der Waals surface area (Å²) >= 11 is 0. The second-order valence-electron chi connectivity index (χ2n) is 5.40. The van der Waals surface area contributed by atoms with Crippen LogP contribution in [0.3, 0.4) is 0 Å². The molecule has 20 heavy (non-hydrogen) atoms. The Labute approximate surface area is 123 Å². The summed E-state index contributed by atoms with van der Waals surface area (Å²) in [5, 5.41) is 6.55. The quantitative estimate of drug-likeness (QED) is 0.645. The van der Waals surface area contributed by atoms with Crippen molar-refractivity contribution in [3.05, 3.63) is 12.3 Å². The molecule has 1 aromatic rings. The zero-order valence-corrected chi connectivity index (χ0v) is 13.3. The first-order chi connectivity index (χ1) is 9.63. The van der Waals surface area contributed by atoms with Gasteiger partial charge >= 0.3 is 0 Å². The molecular formula is C15H29N5. The highest BCUT2D eigenvalue weighted by Crippen LogP contribution is 2.06. The van der Waals surface area contributed by atoms with Crippen molar-refractivity contribution in [2.45, 2.75) is 46.1 Å². The predicted molar refractivity (Wildman–Crippen MR) is 86.3 cm³/mol. The van der Waals surface area contributed by atoms with Crippen molar-refractivity contribution in [2.24, 2.45) is 0 Å². The Bertz CT molecular complexity index is 367. The highest BCUT2D eigenvalue weighted by molar-refractivity contribution is 5.39. The minimum absolute atomic E-state index is 0.622. The van der Waals surface area contributed by atoms with Crippen LogP contribution < -0.4 is 10.6 Å². The van der Waals surface area contributed by atoms with Crippen LogP contribution in [0.25, 0.3) is 0 Å². The van der Waals surface area contributed by atoms with Gasteiger partial charge in [-0.25, -0.2) is 4.98 Å². The van der Waals surface area contributed by atoms with E-state index >= 15 is 0 Å². The molecule has 1 aromatic heterocycles. The van der Waals surface area contributed by atoms with Crippen molar-refractivity contribution in [3.8, 4) is 0 Å². The van der Waals surface area contributed by atoms with E-state index in [0.29, 0.717) is 12.0 Å². The summed E-state index contributed by atoms with van der Waals surface area (Å²) < 4.78 is 0. The molecule has 1 heterocycles. The lowest BCUT2D eigenvalue weighted by Crippen LogP contribution is -2.27. The molecule has 0 atom stereocenters. The van der Waals surface area contributed by atoms with E-state index in [-0.39, 0.29) is 0 Å². The number of anilines is 2. The Morgan fingerprint density at radius 2 is 2.00 bits per heavy atom. The third kappa shape index (κ3) is 6.70. The molecule has 0 aromatic carbocycles. The van der Waals surface area contributed by atoms with Gasteiger partial charge in [0.05, 0.1) is 0 Å². The molecule has 0 fully saturated rings. The molecule has 1 rings (SSSR count). The Balaban J connectivity index is 2.21. The van der Waals surface area contributed by atoms with Crippen LogP contribution in [-0.4, -0.2) is 47.6 Å². The fourth-order valence-corrected chi connectivity index (χ4v) is 1.74. The van der Waals surface area contributed by atoms with Gasteiger partial charge in [-0.3, -0.25) is 0 Å². The molecule has 0 radical (unpaired) electrons. The first-order valence-electron chi connectivity index (χ1n) is 7.64. The minimum atomic E-state index is 0.622. The number of rotatable bonds is 10. The van der Waals surface area contributed by atoms with Crippen molar-refractivity contribution < 1.29 is 0 Å². The van der Waals surface area contributed by atoms with Crippen LogP contribution in [0.1, 0.15) is 40.0 Å². The molecule has 0 aliphatic heterocycles. The van der Waals surface area contributed by atoms with E-state index in [1.807, 2.05) is 6.07 Å². The lowest BCUT2D eigenvalue weighted by atomic mass is 10.2. The van der Waals surface area contributed by atoms with E-state index in [9.17, 15) is 0 Å². The maximum atomic E-state index is 4.43. The summed E-state index contributed by atoms with van der Waals surface area (Å²) in [6.07, 6.45) is 5.22. The average molecular weight is 279 g/mol. The smallest absolute Gasteiger partial charge is 0.224 e. The minimum Gasteiger partial charge on any atom is -0.370 e. The van der Waals surface area contributed by atoms with E-state index in [1.165, 1.54) is 6.42 Å². The SMILES string of the molecule is CCCNc1nccc(NCCCCN(C)C(C)C)n1. The molecule has 0 bridgehead atoms. The Kier molecular flexibility index (Phi) is 7.95. The predicted octanol–water partition coefficient (Wildman–Crippen LogP) is 2.83. The average Bonchev–Trinajstić information content (AvgIpc) is 2.45. The molecular weight excluding hydrogens is 250 g/mol. The highest BCUT2D eigenvalue weighted by Gasteiger charge is 2.02. The lowest BCUT2D eigenvalue weighted by Gasteiger charge is -2.20. The van der Waals surface area contributed by atoms with Crippen LogP contribution in [0.5, 0.6) is 0 Å². The highest BCUT2D eigenvalue weighted by atomic mass is 15.1. The van der Waals surface area contributed by atoms with Crippen molar-refractivity contribution in [1.82, 2.24) is 14.9 Å². The van der Waals surface area contributed by atoms with Crippen molar-refractivity contribution >= 4 is 11.8 Å². The maximum absolute atomic E-state index is 4.43. The van der Waals surface area contributed by atoms with Crippen molar-refractivity contribution in [3.63, 3.8) is 0 Å². The maximum Gasteiger partial charge on any atom is 0.224 e. The Hall–Kier alpha value is -1.36. The van der Waals surface area contributed by atoms with Crippen molar-refractivity contribution in [2.75, 3.05) is 37.3 Å². The molecule has 114 valence electrons. The molecule has 5 nitrogen and oxygen atoms in total. The van der Waals surface area contributed by atoms with Crippen LogP contribution in [-0.2, 0) is 0 Å². The number of hydrogen-bond acceptors (Lipinski definition) is 5. The van der Waals surface area contributed by atoms with Gasteiger partial charge in [0.15, 0.2) is 0 Å². The first-order valence-corrected chi connectivity index (χ1v) is 7.64. The van der Waals surface area contributed by atoms with Crippen LogP contribution in [0.15, 0.2) is 12.3 Å². The van der Waals surface area contributed by atoms with Gasteiger partial charge in [0.1, 0.15) is 5.82 Å². The fraction of sp³-hybridized carbons (Fsp3) is 0.733. The molecule has 0 saturated carbocycles. The van der Waals surface area contributed by atoms with Gasteiger partial charge in [-0.05, 0) is 52.8 Å².